The molecule has 0 amide bonds. The summed E-state index contributed by atoms with van der Waals surface area (Å²) in [5, 5.41) is 15.6. The lowest BCUT2D eigenvalue weighted by Crippen LogP contribution is -2.27. The number of nitro groups is 1. The first-order valence-electron chi connectivity index (χ1n) is 9.07. The smallest absolute Gasteiger partial charge is 0.332 e. The lowest BCUT2D eigenvalue weighted by atomic mass is 9.83. The number of nitrogens with one attached hydrogen (secondary N) is 1. The second-order valence-electron chi connectivity index (χ2n) is 7.10. The minimum Gasteiger partial charge on any atom is -0.378 e. The maximum atomic E-state index is 11.5. The summed E-state index contributed by atoms with van der Waals surface area (Å²) in [4.78, 5) is 19.4. The Morgan fingerprint density at radius 2 is 1.79 bits per heavy atom. The van der Waals surface area contributed by atoms with Crippen molar-refractivity contribution in [1.29, 1.82) is 0 Å². The van der Waals surface area contributed by atoms with Gasteiger partial charge in [-0.1, -0.05) is 23.2 Å². The number of rotatable bonds is 6. The molecule has 10 heteroatoms. The topological polar surface area (TPSA) is 133 Å². The monoisotopic (exact) mass is 424 g/mol. The Morgan fingerprint density at radius 3 is 2.39 bits per heavy atom. The molecule has 1 aliphatic rings. The van der Waals surface area contributed by atoms with Gasteiger partial charge in [-0.15, -0.1) is 0 Å². The molecule has 1 aromatic carbocycles. The summed E-state index contributed by atoms with van der Waals surface area (Å²) >= 11 is 12.0. The van der Waals surface area contributed by atoms with Crippen molar-refractivity contribution in [2.24, 2.45) is 11.7 Å². The fraction of sp³-hybridized carbons (Fsp3) is 0.444. The van der Waals surface area contributed by atoms with Gasteiger partial charge in [-0.05, 0) is 61.8 Å². The van der Waals surface area contributed by atoms with E-state index in [0.29, 0.717) is 34.6 Å². The standard InChI is InChI=1S/C18H22Cl2N6O2/c19-12-5-11(6-13(20)8-12)9-23-18-24-15(16(26(27)28)17(22)25-18)7-10-1-3-14(21)4-2-10/h5-6,8,10,14H,1-4,7,9,21H2,(H3,22,23,24,25)/t10-,14-. The van der Waals surface area contributed by atoms with E-state index in [1.54, 1.807) is 18.2 Å². The van der Waals surface area contributed by atoms with E-state index in [9.17, 15) is 10.1 Å². The average Bonchev–Trinajstić information content (AvgIpc) is 2.60. The van der Waals surface area contributed by atoms with E-state index < -0.39 is 4.92 Å². The molecule has 0 radical (unpaired) electrons. The number of aromatic nitrogens is 2. The second kappa shape index (κ2) is 8.89. The molecule has 5 N–H and O–H groups in total. The molecule has 0 saturated heterocycles. The number of hydrogen-bond donors (Lipinski definition) is 3. The highest BCUT2D eigenvalue weighted by atomic mass is 35.5. The highest BCUT2D eigenvalue weighted by molar-refractivity contribution is 6.34. The van der Waals surface area contributed by atoms with Gasteiger partial charge in [0.1, 0.15) is 5.69 Å². The Kier molecular flexibility index (Phi) is 6.53. The molecule has 0 bridgehead atoms. The highest BCUT2D eigenvalue weighted by Gasteiger charge is 2.27. The van der Waals surface area contributed by atoms with Crippen LogP contribution < -0.4 is 16.8 Å². The third kappa shape index (κ3) is 5.21. The molecule has 1 aromatic heterocycles. The van der Waals surface area contributed by atoms with Crippen molar-refractivity contribution in [2.75, 3.05) is 11.1 Å². The number of benzene rings is 1. The van der Waals surface area contributed by atoms with Crippen LogP contribution in [0.4, 0.5) is 17.5 Å². The predicted octanol–water partition coefficient (Wildman–Crippen LogP) is 3.95. The van der Waals surface area contributed by atoms with Crippen LogP contribution in [0.15, 0.2) is 18.2 Å². The minimum atomic E-state index is -0.514. The maximum absolute atomic E-state index is 11.5. The summed E-state index contributed by atoms with van der Waals surface area (Å²) in [6.07, 6.45) is 4.16. The molecule has 2 aromatic rings. The first-order chi connectivity index (χ1) is 13.3. The summed E-state index contributed by atoms with van der Waals surface area (Å²) in [6.45, 7) is 0.356. The summed E-state index contributed by atoms with van der Waals surface area (Å²) in [7, 11) is 0. The Hall–Kier alpha value is -2.16. The zero-order chi connectivity index (χ0) is 20.3. The van der Waals surface area contributed by atoms with E-state index in [4.69, 9.17) is 34.7 Å². The Balaban J connectivity index is 1.80. The van der Waals surface area contributed by atoms with Gasteiger partial charge < -0.3 is 16.8 Å². The molecule has 1 aliphatic carbocycles. The molecule has 150 valence electrons. The third-order valence-corrected chi connectivity index (χ3v) is 5.35. The van der Waals surface area contributed by atoms with Crippen LogP contribution in [0.25, 0.3) is 0 Å². The molecule has 0 spiro atoms. The average molecular weight is 425 g/mol. The quantitative estimate of drug-likeness (QED) is 0.471. The van der Waals surface area contributed by atoms with Crippen LogP contribution in [0.2, 0.25) is 10.0 Å². The molecule has 0 unspecified atom stereocenters. The van der Waals surface area contributed by atoms with E-state index in [1.807, 2.05) is 0 Å². The number of nitrogen functional groups attached to an aromatic ring is 1. The lowest BCUT2D eigenvalue weighted by molar-refractivity contribution is -0.385. The highest BCUT2D eigenvalue weighted by Crippen LogP contribution is 2.32. The molecular weight excluding hydrogens is 403 g/mol. The first-order valence-corrected chi connectivity index (χ1v) is 9.82. The summed E-state index contributed by atoms with van der Waals surface area (Å²) in [5.74, 6) is 0.392. The Bertz CT molecular complexity index is 851. The van der Waals surface area contributed by atoms with Crippen LogP contribution in [0.3, 0.4) is 0 Å². The molecular formula is C18H22Cl2N6O2. The molecule has 1 heterocycles. The van der Waals surface area contributed by atoms with Crippen molar-refractivity contribution >= 4 is 40.7 Å². The van der Waals surface area contributed by atoms with E-state index in [2.05, 4.69) is 15.3 Å². The van der Waals surface area contributed by atoms with E-state index in [0.717, 1.165) is 31.2 Å². The van der Waals surface area contributed by atoms with Crippen molar-refractivity contribution in [3.8, 4) is 0 Å². The molecule has 28 heavy (non-hydrogen) atoms. The number of anilines is 2. The lowest BCUT2D eigenvalue weighted by Gasteiger charge is -2.25. The fourth-order valence-electron chi connectivity index (χ4n) is 3.50. The normalized spacial score (nSPS) is 19.4. The van der Waals surface area contributed by atoms with Gasteiger partial charge in [0.15, 0.2) is 0 Å². The van der Waals surface area contributed by atoms with Crippen LogP contribution in [0.5, 0.6) is 0 Å². The van der Waals surface area contributed by atoms with Gasteiger partial charge >= 0.3 is 5.69 Å². The molecule has 0 aliphatic heterocycles. The van der Waals surface area contributed by atoms with Crippen molar-refractivity contribution in [2.45, 2.75) is 44.7 Å². The Morgan fingerprint density at radius 1 is 1.14 bits per heavy atom. The van der Waals surface area contributed by atoms with E-state index in [1.165, 1.54) is 0 Å². The van der Waals surface area contributed by atoms with Gasteiger partial charge in [0.25, 0.3) is 0 Å². The predicted molar refractivity (Wildman–Crippen MR) is 111 cm³/mol. The maximum Gasteiger partial charge on any atom is 0.332 e. The molecule has 1 fully saturated rings. The Labute approximate surface area is 172 Å². The van der Waals surface area contributed by atoms with Gasteiger partial charge in [-0.25, -0.2) is 4.98 Å². The van der Waals surface area contributed by atoms with Gasteiger partial charge in [0.2, 0.25) is 11.8 Å². The zero-order valence-corrected chi connectivity index (χ0v) is 16.7. The minimum absolute atomic E-state index is 0.144. The molecule has 0 atom stereocenters. The van der Waals surface area contributed by atoms with Crippen molar-refractivity contribution in [3.05, 3.63) is 49.6 Å². The van der Waals surface area contributed by atoms with E-state index in [-0.39, 0.29) is 23.5 Å². The SMILES string of the molecule is Nc1nc(NCc2cc(Cl)cc(Cl)c2)nc(C[C@H]2CC[C@H](N)CC2)c1[N+](=O)[O-]. The third-order valence-electron chi connectivity index (χ3n) is 4.91. The van der Waals surface area contributed by atoms with Crippen LogP contribution in [0.1, 0.15) is 36.9 Å². The molecule has 8 nitrogen and oxygen atoms in total. The van der Waals surface area contributed by atoms with E-state index >= 15 is 0 Å². The molecule has 1 saturated carbocycles. The van der Waals surface area contributed by atoms with Gasteiger partial charge in [-0.3, -0.25) is 10.1 Å². The first kappa shape index (κ1) is 20.6. The largest absolute Gasteiger partial charge is 0.378 e. The van der Waals surface area contributed by atoms with Crippen molar-refractivity contribution < 1.29 is 4.92 Å². The van der Waals surface area contributed by atoms with Gasteiger partial charge in [0, 0.05) is 22.6 Å². The number of nitrogens with zero attached hydrogens (tertiary/aromatic N) is 3. The van der Waals surface area contributed by atoms with Crippen LogP contribution >= 0.6 is 23.2 Å². The summed E-state index contributed by atoms with van der Waals surface area (Å²) < 4.78 is 0. The zero-order valence-electron chi connectivity index (χ0n) is 15.2. The van der Waals surface area contributed by atoms with Crippen LogP contribution in [-0.2, 0) is 13.0 Å². The summed E-state index contributed by atoms with van der Waals surface area (Å²) in [6, 6.07) is 5.38. The van der Waals surface area contributed by atoms with Crippen molar-refractivity contribution in [3.63, 3.8) is 0 Å². The number of halogens is 2. The van der Waals surface area contributed by atoms with Crippen LogP contribution in [0, 0.1) is 16.0 Å². The molecule has 3 rings (SSSR count). The van der Waals surface area contributed by atoms with Crippen LogP contribution in [-0.4, -0.2) is 20.9 Å². The number of hydrogen-bond acceptors (Lipinski definition) is 7. The van der Waals surface area contributed by atoms with Gasteiger partial charge in [0.05, 0.1) is 4.92 Å². The second-order valence-corrected chi connectivity index (χ2v) is 7.97. The fourth-order valence-corrected chi connectivity index (χ4v) is 4.07. The number of nitrogens with two attached hydrogens (primary N) is 2. The van der Waals surface area contributed by atoms with Gasteiger partial charge in [-0.2, -0.15) is 4.98 Å². The van der Waals surface area contributed by atoms with Crippen molar-refractivity contribution in [1.82, 2.24) is 9.97 Å². The summed E-state index contributed by atoms with van der Waals surface area (Å²) in [5.41, 5.74) is 12.8.